The van der Waals surface area contributed by atoms with Crippen molar-refractivity contribution in [3.8, 4) is 11.3 Å². The molecule has 0 saturated carbocycles. The van der Waals surface area contributed by atoms with E-state index in [9.17, 15) is 4.79 Å². The first-order valence-electron chi connectivity index (χ1n) is 4.61. The predicted octanol–water partition coefficient (Wildman–Crippen LogP) is 2.98. The first-order chi connectivity index (χ1) is 7.59. The van der Waals surface area contributed by atoms with Crippen LogP contribution in [0.5, 0.6) is 0 Å². The Labute approximate surface area is 105 Å². The number of halogens is 1. The summed E-state index contributed by atoms with van der Waals surface area (Å²) >= 11 is 4.98. The van der Waals surface area contributed by atoms with Gasteiger partial charge < -0.3 is 5.73 Å². The number of aryl methyl sites for hydroxylation is 1. The molecule has 2 rings (SSSR count). The molecule has 0 aliphatic heterocycles. The summed E-state index contributed by atoms with van der Waals surface area (Å²) in [5.41, 5.74) is 7.37. The molecule has 5 heteroatoms. The van der Waals surface area contributed by atoms with Gasteiger partial charge in [-0.05, 0) is 28.9 Å². The molecular formula is C11H9BrN2OS. The second-order valence-corrected chi connectivity index (χ2v) is 5.79. The van der Waals surface area contributed by atoms with Crippen LogP contribution < -0.4 is 5.73 Å². The van der Waals surface area contributed by atoms with E-state index < -0.39 is 5.91 Å². The molecule has 0 radical (unpaired) electrons. The molecule has 1 heterocycles. The highest BCUT2D eigenvalue weighted by Crippen LogP contribution is 2.34. The van der Waals surface area contributed by atoms with Crippen molar-refractivity contribution < 1.29 is 4.79 Å². The van der Waals surface area contributed by atoms with E-state index in [-0.39, 0.29) is 0 Å². The summed E-state index contributed by atoms with van der Waals surface area (Å²) in [6.45, 7) is 1.92. The molecule has 0 fully saturated rings. The summed E-state index contributed by atoms with van der Waals surface area (Å²) < 4.78 is 0.915. The van der Waals surface area contributed by atoms with Crippen LogP contribution in [-0.2, 0) is 0 Å². The standard InChI is InChI=1S/C11H9BrN2OS/c1-6-14-9(10(12)16-6)7-4-2-3-5-8(7)11(13)15/h2-5H,1H3,(H2,13,15). The summed E-state index contributed by atoms with van der Waals surface area (Å²) in [7, 11) is 0. The van der Waals surface area contributed by atoms with E-state index in [0.717, 1.165) is 20.1 Å². The quantitative estimate of drug-likeness (QED) is 0.926. The van der Waals surface area contributed by atoms with Crippen LogP contribution in [0.2, 0.25) is 0 Å². The van der Waals surface area contributed by atoms with Gasteiger partial charge in [-0.15, -0.1) is 11.3 Å². The maximum Gasteiger partial charge on any atom is 0.249 e. The Morgan fingerprint density at radius 1 is 1.44 bits per heavy atom. The fourth-order valence-corrected chi connectivity index (χ4v) is 3.13. The zero-order valence-corrected chi connectivity index (χ0v) is 10.9. The van der Waals surface area contributed by atoms with E-state index >= 15 is 0 Å². The van der Waals surface area contributed by atoms with Gasteiger partial charge in [-0.1, -0.05) is 18.2 Å². The highest BCUT2D eigenvalue weighted by atomic mass is 79.9. The van der Waals surface area contributed by atoms with Crippen molar-refractivity contribution in [1.29, 1.82) is 0 Å². The third kappa shape index (κ3) is 2.01. The Morgan fingerprint density at radius 3 is 2.69 bits per heavy atom. The second kappa shape index (κ2) is 4.35. The maximum atomic E-state index is 11.3. The van der Waals surface area contributed by atoms with Crippen LogP contribution in [0.1, 0.15) is 15.4 Å². The monoisotopic (exact) mass is 296 g/mol. The predicted molar refractivity (Wildman–Crippen MR) is 68.5 cm³/mol. The van der Waals surface area contributed by atoms with Crippen LogP contribution in [-0.4, -0.2) is 10.9 Å². The van der Waals surface area contributed by atoms with E-state index in [0.29, 0.717) is 5.56 Å². The minimum Gasteiger partial charge on any atom is -0.366 e. The number of aromatic nitrogens is 1. The number of carbonyl (C=O) groups is 1. The number of nitrogens with two attached hydrogens (primary N) is 1. The van der Waals surface area contributed by atoms with Gasteiger partial charge in [0.15, 0.2) is 0 Å². The summed E-state index contributed by atoms with van der Waals surface area (Å²) in [4.78, 5) is 15.7. The van der Waals surface area contributed by atoms with E-state index in [4.69, 9.17) is 5.73 Å². The van der Waals surface area contributed by atoms with Gasteiger partial charge in [0.1, 0.15) is 0 Å². The molecule has 0 bridgehead atoms. The second-order valence-electron chi connectivity index (χ2n) is 3.27. The molecule has 1 aromatic carbocycles. The number of rotatable bonds is 2. The van der Waals surface area contributed by atoms with Crippen molar-refractivity contribution in [2.45, 2.75) is 6.92 Å². The van der Waals surface area contributed by atoms with Crippen LogP contribution in [0, 0.1) is 6.92 Å². The van der Waals surface area contributed by atoms with Crippen LogP contribution in [0.25, 0.3) is 11.3 Å². The first-order valence-corrected chi connectivity index (χ1v) is 6.22. The number of primary amides is 1. The summed E-state index contributed by atoms with van der Waals surface area (Å²) in [5, 5.41) is 0.946. The lowest BCUT2D eigenvalue weighted by atomic mass is 10.1. The average molecular weight is 297 g/mol. The van der Waals surface area contributed by atoms with E-state index in [1.807, 2.05) is 19.1 Å². The number of thiazole rings is 1. The fraction of sp³-hybridized carbons (Fsp3) is 0.0909. The lowest BCUT2D eigenvalue weighted by molar-refractivity contribution is 0.100. The van der Waals surface area contributed by atoms with E-state index in [1.54, 1.807) is 12.1 Å². The minimum atomic E-state index is -0.437. The van der Waals surface area contributed by atoms with Crippen molar-refractivity contribution in [1.82, 2.24) is 4.98 Å². The molecule has 1 aromatic heterocycles. The molecule has 2 N–H and O–H groups in total. The number of hydrogen-bond donors (Lipinski definition) is 1. The molecule has 0 aliphatic rings. The number of carbonyl (C=O) groups excluding carboxylic acids is 1. The fourth-order valence-electron chi connectivity index (χ4n) is 1.47. The van der Waals surface area contributed by atoms with Gasteiger partial charge in [-0.2, -0.15) is 0 Å². The number of hydrogen-bond acceptors (Lipinski definition) is 3. The molecule has 0 aliphatic carbocycles. The molecule has 0 unspecified atom stereocenters. The van der Waals surface area contributed by atoms with Gasteiger partial charge in [0, 0.05) is 11.1 Å². The van der Waals surface area contributed by atoms with Crippen molar-refractivity contribution >= 4 is 33.2 Å². The topological polar surface area (TPSA) is 56.0 Å². The third-order valence-corrected chi connectivity index (χ3v) is 3.76. The Hall–Kier alpha value is -1.20. The van der Waals surface area contributed by atoms with Gasteiger partial charge in [-0.3, -0.25) is 4.79 Å². The smallest absolute Gasteiger partial charge is 0.249 e. The Balaban J connectivity index is 2.64. The minimum absolute atomic E-state index is 0.437. The van der Waals surface area contributed by atoms with Crippen LogP contribution in [0.4, 0.5) is 0 Å². The normalized spacial score (nSPS) is 10.4. The molecular weight excluding hydrogens is 288 g/mol. The molecule has 2 aromatic rings. The van der Waals surface area contributed by atoms with Crippen LogP contribution >= 0.6 is 27.3 Å². The van der Waals surface area contributed by atoms with Crippen molar-refractivity contribution in [3.63, 3.8) is 0 Å². The summed E-state index contributed by atoms with van der Waals surface area (Å²) in [6.07, 6.45) is 0. The number of amides is 1. The van der Waals surface area contributed by atoms with Gasteiger partial charge >= 0.3 is 0 Å². The SMILES string of the molecule is Cc1nc(-c2ccccc2C(N)=O)c(Br)s1. The van der Waals surface area contributed by atoms with Crippen molar-refractivity contribution in [2.75, 3.05) is 0 Å². The maximum absolute atomic E-state index is 11.3. The summed E-state index contributed by atoms with van der Waals surface area (Å²) in [5.74, 6) is -0.437. The summed E-state index contributed by atoms with van der Waals surface area (Å²) in [6, 6.07) is 7.21. The van der Waals surface area contributed by atoms with Crippen molar-refractivity contribution in [3.05, 3.63) is 38.6 Å². The molecule has 82 valence electrons. The number of benzene rings is 1. The van der Waals surface area contributed by atoms with Crippen LogP contribution in [0.15, 0.2) is 28.1 Å². The highest BCUT2D eigenvalue weighted by Gasteiger charge is 2.14. The zero-order chi connectivity index (χ0) is 11.7. The molecule has 0 spiro atoms. The lowest BCUT2D eigenvalue weighted by Gasteiger charge is -2.03. The lowest BCUT2D eigenvalue weighted by Crippen LogP contribution is -2.12. The first kappa shape index (κ1) is 11.3. The number of nitrogens with zero attached hydrogens (tertiary/aromatic N) is 1. The Kier molecular flexibility index (Phi) is 3.07. The molecule has 0 saturated heterocycles. The third-order valence-electron chi connectivity index (χ3n) is 2.14. The largest absolute Gasteiger partial charge is 0.366 e. The highest BCUT2D eigenvalue weighted by molar-refractivity contribution is 9.11. The van der Waals surface area contributed by atoms with E-state index in [1.165, 1.54) is 11.3 Å². The zero-order valence-electron chi connectivity index (χ0n) is 8.53. The molecule has 3 nitrogen and oxygen atoms in total. The van der Waals surface area contributed by atoms with E-state index in [2.05, 4.69) is 20.9 Å². The van der Waals surface area contributed by atoms with Gasteiger partial charge in [0.05, 0.1) is 14.5 Å². The molecule has 16 heavy (non-hydrogen) atoms. The van der Waals surface area contributed by atoms with Gasteiger partial charge in [-0.25, -0.2) is 4.98 Å². The van der Waals surface area contributed by atoms with Crippen LogP contribution in [0.3, 0.4) is 0 Å². The molecule has 1 amide bonds. The Bertz CT molecular complexity index is 551. The van der Waals surface area contributed by atoms with Gasteiger partial charge in [0.2, 0.25) is 5.91 Å². The van der Waals surface area contributed by atoms with Crippen molar-refractivity contribution in [2.24, 2.45) is 5.73 Å². The van der Waals surface area contributed by atoms with Gasteiger partial charge in [0.25, 0.3) is 0 Å². The average Bonchev–Trinajstić information content (AvgIpc) is 2.57. The molecule has 0 atom stereocenters. The Morgan fingerprint density at radius 2 is 2.12 bits per heavy atom.